The van der Waals surface area contributed by atoms with Gasteiger partial charge in [0.1, 0.15) is 0 Å². The molecule has 0 aromatic rings. The van der Waals surface area contributed by atoms with Crippen molar-refractivity contribution in [2.45, 2.75) is 191 Å². The lowest BCUT2D eigenvalue weighted by molar-refractivity contribution is 0.0926. The summed E-state index contributed by atoms with van der Waals surface area (Å²) in [4.78, 5) is 2.91. The Kier molecular flexibility index (Phi) is 23.3. The van der Waals surface area contributed by atoms with Gasteiger partial charge < -0.3 is 45.0 Å². The Morgan fingerprint density at radius 3 is 0.860 bits per heavy atom. The molecule has 0 aliphatic heterocycles. The highest BCUT2D eigenvalue weighted by Crippen LogP contribution is 2.43. The molecule has 0 amide bonds. The SMILES string of the molecule is NCCCCCCN.NCCCCCCN(CCC(C1CCC(N)CC1)C1CCC(N)CC1)CCC(C1CCC(N)CC1)C1CCC(N)CC1. The number of hydrogen-bond donors (Lipinski definition) is 7. The molecule has 4 saturated carbocycles. The van der Waals surface area contributed by atoms with Crippen molar-refractivity contribution in [1.29, 1.82) is 0 Å². The maximum atomic E-state index is 6.36. The molecule has 4 rings (SSSR count). The lowest BCUT2D eigenvalue weighted by Gasteiger charge is -2.42. The third-order valence-electron chi connectivity index (χ3n) is 13.8. The molecule has 50 heavy (non-hydrogen) atoms. The van der Waals surface area contributed by atoms with Crippen LogP contribution in [0.25, 0.3) is 0 Å². The van der Waals surface area contributed by atoms with Crippen LogP contribution < -0.4 is 40.1 Å². The molecule has 8 nitrogen and oxygen atoms in total. The van der Waals surface area contributed by atoms with Crippen LogP contribution in [0.5, 0.6) is 0 Å². The predicted octanol–water partition coefficient (Wildman–Crippen LogP) is 6.35. The first-order valence-electron chi connectivity index (χ1n) is 22.2. The fourth-order valence-corrected chi connectivity index (χ4v) is 10.5. The quantitative estimate of drug-likeness (QED) is 0.0674. The van der Waals surface area contributed by atoms with Crippen molar-refractivity contribution in [3.05, 3.63) is 0 Å². The van der Waals surface area contributed by atoms with Gasteiger partial charge in [0, 0.05) is 24.2 Å². The molecule has 0 unspecified atom stereocenters. The largest absolute Gasteiger partial charge is 0.330 e. The summed E-state index contributed by atoms with van der Waals surface area (Å²) in [6, 6.07) is 1.75. The van der Waals surface area contributed by atoms with E-state index in [0.29, 0.717) is 24.2 Å². The third-order valence-corrected chi connectivity index (χ3v) is 13.8. The zero-order valence-corrected chi connectivity index (χ0v) is 32.9. The number of hydrogen-bond acceptors (Lipinski definition) is 8. The summed E-state index contributed by atoms with van der Waals surface area (Å²) in [5.41, 5.74) is 41.8. The number of nitrogens with two attached hydrogens (primary N) is 7. The molecular formula is C42H88N8. The molecule has 4 fully saturated rings. The highest BCUT2D eigenvalue weighted by molar-refractivity contribution is 4.89. The smallest absolute Gasteiger partial charge is 0.00390 e. The Bertz CT molecular complexity index is 681. The average molecular weight is 705 g/mol. The van der Waals surface area contributed by atoms with Gasteiger partial charge in [0.05, 0.1) is 0 Å². The van der Waals surface area contributed by atoms with Crippen LogP contribution in [0.2, 0.25) is 0 Å². The van der Waals surface area contributed by atoms with Gasteiger partial charge >= 0.3 is 0 Å². The van der Waals surface area contributed by atoms with E-state index in [4.69, 9.17) is 40.1 Å². The summed E-state index contributed by atoms with van der Waals surface area (Å²) in [6.07, 6.45) is 33.3. The molecular weight excluding hydrogens is 617 g/mol. The maximum Gasteiger partial charge on any atom is 0.00390 e. The standard InChI is InChI=1S/C36H72N6.C6H16N2/c37-23-3-1-2-4-24-42(25-21-35(27-5-13-31(38)14-6-27)28-7-15-32(39)16-8-28)26-22-36(29-9-17-33(40)18-10-29)30-11-19-34(41)20-12-30;7-5-3-1-2-4-6-8/h27-36H,1-26,37-41H2;1-8H2. The summed E-state index contributed by atoms with van der Waals surface area (Å²) in [7, 11) is 0. The maximum absolute atomic E-state index is 6.36. The Balaban J connectivity index is 0.000000753. The highest BCUT2D eigenvalue weighted by atomic mass is 15.1. The summed E-state index contributed by atoms with van der Waals surface area (Å²) >= 11 is 0. The molecule has 8 heteroatoms. The fourth-order valence-electron chi connectivity index (χ4n) is 10.5. The van der Waals surface area contributed by atoms with Crippen LogP contribution in [0.3, 0.4) is 0 Å². The molecule has 0 heterocycles. The van der Waals surface area contributed by atoms with Gasteiger partial charge in [-0.3, -0.25) is 0 Å². The fraction of sp³-hybridized carbons (Fsp3) is 1.00. The van der Waals surface area contributed by atoms with E-state index in [1.807, 2.05) is 0 Å². The minimum atomic E-state index is 0.437. The minimum Gasteiger partial charge on any atom is -0.330 e. The van der Waals surface area contributed by atoms with Gasteiger partial charge in [0.15, 0.2) is 0 Å². The molecule has 296 valence electrons. The van der Waals surface area contributed by atoms with Crippen molar-refractivity contribution in [2.24, 2.45) is 75.6 Å². The molecule has 0 aromatic heterocycles. The van der Waals surface area contributed by atoms with E-state index in [9.17, 15) is 0 Å². The molecule has 0 spiro atoms. The molecule has 0 bridgehead atoms. The van der Waals surface area contributed by atoms with E-state index in [1.54, 1.807) is 0 Å². The van der Waals surface area contributed by atoms with Crippen molar-refractivity contribution in [1.82, 2.24) is 4.90 Å². The molecule has 0 radical (unpaired) electrons. The Labute approximate surface area is 310 Å². The van der Waals surface area contributed by atoms with E-state index in [0.717, 1.165) is 68.0 Å². The normalized spacial score (nSPS) is 31.9. The van der Waals surface area contributed by atoms with Crippen LogP contribution >= 0.6 is 0 Å². The number of rotatable bonds is 21. The number of unbranched alkanes of at least 4 members (excludes halogenated alkanes) is 6. The van der Waals surface area contributed by atoms with Crippen LogP contribution in [0.15, 0.2) is 0 Å². The van der Waals surface area contributed by atoms with Crippen LogP contribution in [-0.4, -0.2) is 68.3 Å². The van der Waals surface area contributed by atoms with Gasteiger partial charge in [0.25, 0.3) is 0 Å². The number of nitrogens with zero attached hydrogens (tertiary/aromatic N) is 1. The Morgan fingerprint density at radius 2 is 0.600 bits per heavy atom. The highest BCUT2D eigenvalue weighted by Gasteiger charge is 2.36. The summed E-state index contributed by atoms with van der Waals surface area (Å²) in [5.74, 6) is 5.23. The van der Waals surface area contributed by atoms with Gasteiger partial charge in [-0.05, 0) is 216 Å². The Hall–Kier alpha value is -0.320. The molecule has 14 N–H and O–H groups in total. The summed E-state index contributed by atoms with van der Waals surface area (Å²) in [6.45, 7) is 6.31. The molecule has 4 aliphatic rings. The van der Waals surface area contributed by atoms with Crippen LogP contribution in [0, 0.1) is 35.5 Å². The van der Waals surface area contributed by atoms with E-state index >= 15 is 0 Å². The van der Waals surface area contributed by atoms with Crippen molar-refractivity contribution in [3.8, 4) is 0 Å². The van der Waals surface area contributed by atoms with E-state index in [1.165, 1.54) is 174 Å². The summed E-state index contributed by atoms with van der Waals surface area (Å²) < 4.78 is 0. The van der Waals surface area contributed by atoms with Crippen molar-refractivity contribution in [2.75, 3.05) is 39.3 Å². The second kappa shape index (κ2) is 26.5. The molecule has 0 aromatic carbocycles. The van der Waals surface area contributed by atoms with E-state index < -0.39 is 0 Å². The monoisotopic (exact) mass is 705 g/mol. The first-order chi connectivity index (χ1) is 24.3. The first kappa shape index (κ1) is 44.1. The van der Waals surface area contributed by atoms with Crippen LogP contribution in [0.4, 0.5) is 0 Å². The van der Waals surface area contributed by atoms with Gasteiger partial charge in [-0.1, -0.05) is 25.7 Å². The minimum absolute atomic E-state index is 0.437. The zero-order valence-electron chi connectivity index (χ0n) is 32.9. The van der Waals surface area contributed by atoms with Crippen molar-refractivity contribution < 1.29 is 0 Å². The van der Waals surface area contributed by atoms with Gasteiger partial charge in [0.2, 0.25) is 0 Å². The summed E-state index contributed by atoms with van der Waals surface area (Å²) in [5, 5.41) is 0. The first-order valence-corrected chi connectivity index (χ1v) is 22.2. The predicted molar refractivity (Wildman–Crippen MR) is 216 cm³/mol. The van der Waals surface area contributed by atoms with Gasteiger partial charge in [-0.15, -0.1) is 0 Å². The molecule has 0 atom stereocenters. The van der Waals surface area contributed by atoms with Gasteiger partial charge in [-0.2, -0.15) is 0 Å². The van der Waals surface area contributed by atoms with Crippen molar-refractivity contribution >= 4 is 0 Å². The van der Waals surface area contributed by atoms with Crippen LogP contribution in [0.1, 0.15) is 167 Å². The third kappa shape index (κ3) is 17.2. The van der Waals surface area contributed by atoms with Crippen LogP contribution in [-0.2, 0) is 0 Å². The second-order valence-corrected chi connectivity index (χ2v) is 17.6. The lowest BCUT2D eigenvalue weighted by Crippen LogP contribution is -2.39. The molecule has 0 saturated heterocycles. The topological polar surface area (TPSA) is 185 Å². The lowest BCUT2D eigenvalue weighted by atomic mass is 9.67. The van der Waals surface area contributed by atoms with Crippen molar-refractivity contribution in [3.63, 3.8) is 0 Å². The van der Waals surface area contributed by atoms with E-state index in [2.05, 4.69) is 4.90 Å². The molecule has 4 aliphatic carbocycles. The second-order valence-electron chi connectivity index (χ2n) is 17.6. The zero-order chi connectivity index (χ0) is 36.0. The Morgan fingerprint density at radius 1 is 0.340 bits per heavy atom. The van der Waals surface area contributed by atoms with Gasteiger partial charge in [-0.25, -0.2) is 0 Å². The van der Waals surface area contributed by atoms with E-state index in [-0.39, 0.29) is 0 Å². The average Bonchev–Trinajstić information content (AvgIpc) is 3.13.